The van der Waals surface area contributed by atoms with Crippen molar-refractivity contribution in [1.82, 2.24) is 0 Å². The van der Waals surface area contributed by atoms with E-state index in [9.17, 15) is 13.2 Å². The van der Waals surface area contributed by atoms with Gasteiger partial charge in [0.05, 0.1) is 10.5 Å². The van der Waals surface area contributed by atoms with Crippen LogP contribution in [0.25, 0.3) is 0 Å². The average molecular weight is 333 g/mol. The van der Waals surface area contributed by atoms with Crippen LogP contribution in [0.1, 0.15) is 36.7 Å². The van der Waals surface area contributed by atoms with Crippen LogP contribution >= 0.6 is 0 Å². The van der Waals surface area contributed by atoms with E-state index >= 15 is 0 Å². The van der Waals surface area contributed by atoms with Crippen LogP contribution in [0.3, 0.4) is 0 Å². The SMILES string of the molecule is CC(C)(C)c1ccc(S(=O)(=O)Nc2ccc(C(=O)O)cc2)cc1. The predicted molar refractivity (Wildman–Crippen MR) is 89.4 cm³/mol. The highest BCUT2D eigenvalue weighted by atomic mass is 32.2. The summed E-state index contributed by atoms with van der Waals surface area (Å²) in [5, 5.41) is 8.84. The molecule has 2 aromatic rings. The molecule has 0 aromatic heterocycles. The Morgan fingerprint density at radius 2 is 1.48 bits per heavy atom. The lowest BCUT2D eigenvalue weighted by Gasteiger charge is -2.19. The van der Waals surface area contributed by atoms with Crippen molar-refractivity contribution in [3.63, 3.8) is 0 Å². The van der Waals surface area contributed by atoms with Gasteiger partial charge in [0.15, 0.2) is 0 Å². The topological polar surface area (TPSA) is 83.5 Å². The number of hydrogen-bond donors (Lipinski definition) is 2. The zero-order chi connectivity index (χ0) is 17.3. The minimum Gasteiger partial charge on any atom is -0.478 e. The van der Waals surface area contributed by atoms with Crippen LogP contribution in [0.4, 0.5) is 5.69 Å². The molecule has 0 saturated heterocycles. The molecule has 0 aliphatic carbocycles. The van der Waals surface area contributed by atoms with Crippen molar-refractivity contribution < 1.29 is 18.3 Å². The smallest absolute Gasteiger partial charge is 0.335 e. The fourth-order valence-corrected chi connectivity index (χ4v) is 3.09. The van der Waals surface area contributed by atoms with Crippen LogP contribution in [0, 0.1) is 0 Å². The molecule has 0 radical (unpaired) electrons. The summed E-state index contributed by atoms with van der Waals surface area (Å²) in [7, 11) is -3.71. The monoisotopic (exact) mass is 333 g/mol. The van der Waals surface area contributed by atoms with Gasteiger partial charge in [-0.1, -0.05) is 32.9 Å². The molecule has 0 aliphatic heterocycles. The first-order valence-corrected chi connectivity index (χ1v) is 8.55. The molecule has 0 unspecified atom stereocenters. The highest BCUT2D eigenvalue weighted by molar-refractivity contribution is 7.92. The summed E-state index contributed by atoms with van der Waals surface area (Å²) in [6, 6.07) is 12.3. The van der Waals surface area contributed by atoms with Crippen LogP contribution < -0.4 is 4.72 Å². The highest BCUT2D eigenvalue weighted by Crippen LogP contribution is 2.24. The Morgan fingerprint density at radius 3 is 1.91 bits per heavy atom. The summed E-state index contributed by atoms with van der Waals surface area (Å²) >= 11 is 0. The largest absolute Gasteiger partial charge is 0.478 e. The quantitative estimate of drug-likeness (QED) is 0.897. The van der Waals surface area contributed by atoms with Gasteiger partial charge in [0.2, 0.25) is 0 Å². The first kappa shape index (κ1) is 17.0. The maximum Gasteiger partial charge on any atom is 0.335 e. The van der Waals surface area contributed by atoms with Crippen molar-refractivity contribution in [2.45, 2.75) is 31.1 Å². The highest BCUT2D eigenvalue weighted by Gasteiger charge is 2.17. The Labute approximate surface area is 136 Å². The summed E-state index contributed by atoms with van der Waals surface area (Å²) in [6.07, 6.45) is 0. The second-order valence-electron chi connectivity index (χ2n) is 6.26. The maximum absolute atomic E-state index is 12.4. The number of rotatable bonds is 4. The van der Waals surface area contributed by atoms with E-state index < -0.39 is 16.0 Å². The van der Waals surface area contributed by atoms with E-state index in [0.29, 0.717) is 5.69 Å². The van der Waals surface area contributed by atoms with Crippen LogP contribution in [-0.2, 0) is 15.4 Å². The molecule has 2 N–H and O–H groups in total. The second-order valence-corrected chi connectivity index (χ2v) is 7.94. The van der Waals surface area contributed by atoms with Crippen molar-refractivity contribution in [1.29, 1.82) is 0 Å². The van der Waals surface area contributed by atoms with Gasteiger partial charge in [0.1, 0.15) is 0 Å². The fourth-order valence-electron chi connectivity index (χ4n) is 2.03. The van der Waals surface area contributed by atoms with Gasteiger partial charge >= 0.3 is 5.97 Å². The van der Waals surface area contributed by atoms with E-state index in [1.165, 1.54) is 24.3 Å². The lowest BCUT2D eigenvalue weighted by molar-refractivity contribution is 0.0697. The summed E-state index contributed by atoms with van der Waals surface area (Å²) < 4.78 is 27.1. The molecule has 2 rings (SSSR count). The van der Waals surface area contributed by atoms with Gasteiger partial charge in [-0.25, -0.2) is 13.2 Å². The van der Waals surface area contributed by atoms with E-state index in [-0.39, 0.29) is 15.9 Å². The number of carboxylic acids is 1. The minimum absolute atomic E-state index is 0.0532. The molecular weight excluding hydrogens is 314 g/mol. The molecule has 2 aromatic carbocycles. The van der Waals surface area contributed by atoms with Crippen LogP contribution in [0.2, 0.25) is 0 Å². The zero-order valence-corrected chi connectivity index (χ0v) is 14.0. The lowest BCUT2D eigenvalue weighted by Crippen LogP contribution is -2.15. The number of nitrogens with one attached hydrogen (secondary N) is 1. The number of carboxylic acid groups (broad SMARTS) is 1. The Kier molecular flexibility index (Phi) is 4.47. The van der Waals surface area contributed by atoms with Gasteiger partial charge in [-0.05, 0) is 47.4 Å². The third kappa shape index (κ3) is 4.10. The molecule has 0 heterocycles. The van der Waals surface area contributed by atoms with Gasteiger partial charge in [-0.3, -0.25) is 4.72 Å². The van der Waals surface area contributed by atoms with Crippen LogP contribution in [0.5, 0.6) is 0 Å². The number of benzene rings is 2. The number of aromatic carboxylic acids is 1. The van der Waals surface area contributed by atoms with E-state index in [4.69, 9.17) is 5.11 Å². The predicted octanol–water partition coefficient (Wildman–Crippen LogP) is 3.48. The number of hydrogen-bond acceptors (Lipinski definition) is 3. The Morgan fingerprint density at radius 1 is 0.957 bits per heavy atom. The van der Waals surface area contributed by atoms with Gasteiger partial charge in [0, 0.05) is 5.69 Å². The molecule has 0 bridgehead atoms. The normalized spacial score (nSPS) is 12.0. The molecule has 6 heteroatoms. The van der Waals surface area contributed by atoms with Crippen molar-refractivity contribution in [2.24, 2.45) is 0 Å². The number of sulfonamides is 1. The molecule has 5 nitrogen and oxygen atoms in total. The van der Waals surface area contributed by atoms with Crippen molar-refractivity contribution in [3.05, 3.63) is 59.7 Å². The standard InChI is InChI=1S/C17H19NO4S/c1-17(2,3)13-6-10-15(11-7-13)23(21,22)18-14-8-4-12(5-9-14)16(19)20/h4-11,18H,1-3H3,(H,19,20). The summed E-state index contributed by atoms with van der Waals surface area (Å²) in [5.74, 6) is -1.06. The Hall–Kier alpha value is -2.34. The van der Waals surface area contributed by atoms with Crippen molar-refractivity contribution in [2.75, 3.05) is 4.72 Å². The zero-order valence-electron chi connectivity index (χ0n) is 13.2. The Balaban J connectivity index is 2.23. The summed E-state index contributed by atoms with van der Waals surface area (Å²) in [6.45, 7) is 6.16. The third-order valence-corrected chi connectivity index (χ3v) is 4.81. The first-order valence-electron chi connectivity index (χ1n) is 7.06. The fraction of sp³-hybridized carbons (Fsp3) is 0.235. The maximum atomic E-state index is 12.4. The average Bonchev–Trinajstić information content (AvgIpc) is 2.46. The van der Waals surface area contributed by atoms with Crippen molar-refractivity contribution >= 4 is 21.7 Å². The van der Waals surface area contributed by atoms with E-state index in [2.05, 4.69) is 25.5 Å². The lowest BCUT2D eigenvalue weighted by atomic mass is 9.87. The molecule has 0 atom stereocenters. The van der Waals surface area contributed by atoms with Gasteiger partial charge in [0.25, 0.3) is 10.0 Å². The third-order valence-electron chi connectivity index (χ3n) is 3.41. The van der Waals surface area contributed by atoms with Crippen LogP contribution in [-0.4, -0.2) is 19.5 Å². The first-order chi connectivity index (χ1) is 10.6. The summed E-state index contributed by atoms with van der Waals surface area (Å²) in [5.41, 5.74) is 1.40. The second kappa shape index (κ2) is 6.04. The summed E-state index contributed by atoms with van der Waals surface area (Å²) in [4.78, 5) is 11.0. The molecule has 0 amide bonds. The van der Waals surface area contributed by atoms with Gasteiger partial charge in [-0.2, -0.15) is 0 Å². The molecule has 0 fully saturated rings. The molecule has 0 saturated carbocycles. The molecule has 122 valence electrons. The van der Waals surface area contributed by atoms with E-state index in [0.717, 1.165) is 5.56 Å². The minimum atomic E-state index is -3.71. The van der Waals surface area contributed by atoms with Gasteiger partial charge in [-0.15, -0.1) is 0 Å². The molecule has 23 heavy (non-hydrogen) atoms. The molecule has 0 spiro atoms. The molecule has 0 aliphatic rings. The molecular formula is C17H19NO4S. The Bertz CT molecular complexity index is 801. The number of anilines is 1. The van der Waals surface area contributed by atoms with E-state index in [1.54, 1.807) is 24.3 Å². The van der Waals surface area contributed by atoms with Crippen LogP contribution in [0.15, 0.2) is 53.4 Å². The number of carbonyl (C=O) groups is 1. The van der Waals surface area contributed by atoms with E-state index in [1.807, 2.05) is 0 Å². The van der Waals surface area contributed by atoms with Crippen molar-refractivity contribution in [3.8, 4) is 0 Å². The van der Waals surface area contributed by atoms with Gasteiger partial charge < -0.3 is 5.11 Å².